The molecule has 0 saturated carbocycles. The van der Waals surface area contributed by atoms with Gasteiger partial charge in [-0.1, -0.05) is 50.6 Å². The maximum Gasteiger partial charge on any atom is 0.419 e. The van der Waals surface area contributed by atoms with Crippen LogP contribution in [0.15, 0.2) is 22.7 Å². The van der Waals surface area contributed by atoms with E-state index in [-0.39, 0.29) is 41.6 Å². The average molecular weight is 468 g/mol. The van der Waals surface area contributed by atoms with E-state index in [1.807, 2.05) is 0 Å². The van der Waals surface area contributed by atoms with Crippen molar-refractivity contribution in [1.29, 1.82) is 5.41 Å². The second-order valence-corrected chi connectivity index (χ2v) is 8.37. The van der Waals surface area contributed by atoms with Gasteiger partial charge >= 0.3 is 6.18 Å². The average Bonchev–Trinajstić information content (AvgIpc) is 3.44. The molecule has 0 amide bonds. The van der Waals surface area contributed by atoms with Crippen LogP contribution in [0.5, 0.6) is 5.75 Å². The van der Waals surface area contributed by atoms with Crippen molar-refractivity contribution in [3.8, 4) is 17.1 Å². The third kappa shape index (κ3) is 6.61. The fourth-order valence-corrected chi connectivity index (χ4v) is 4.06. The fourth-order valence-electron chi connectivity index (χ4n) is 4.06. The van der Waals surface area contributed by atoms with E-state index >= 15 is 0 Å². The number of halogens is 3. The molecule has 10 heteroatoms. The molecule has 1 atom stereocenters. The molecule has 0 spiro atoms. The van der Waals surface area contributed by atoms with Gasteiger partial charge in [-0.15, -0.1) is 0 Å². The van der Waals surface area contributed by atoms with Crippen molar-refractivity contribution >= 4 is 5.96 Å². The quantitative estimate of drug-likeness (QED) is 0.242. The smallest absolute Gasteiger partial charge is 0.419 e. The number of aromatic nitrogens is 2. The Labute approximate surface area is 192 Å². The summed E-state index contributed by atoms with van der Waals surface area (Å²) in [6.07, 6.45) is 4.38. The number of nitrogens with two attached hydrogens (primary N) is 1. The van der Waals surface area contributed by atoms with Crippen LogP contribution in [-0.4, -0.2) is 34.2 Å². The molecule has 7 nitrogen and oxygen atoms in total. The summed E-state index contributed by atoms with van der Waals surface area (Å²) >= 11 is 0. The maximum atomic E-state index is 13.7. The van der Waals surface area contributed by atoms with Crippen LogP contribution in [0.2, 0.25) is 0 Å². The van der Waals surface area contributed by atoms with Gasteiger partial charge in [0, 0.05) is 12.1 Å². The molecule has 1 aliphatic rings. The first kappa shape index (κ1) is 24.9. The van der Waals surface area contributed by atoms with E-state index in [0.29, 0.717) is 19.4 Å². The number of guanidine groups is 1. The first-order valence-corrected chi connectivity index (χ1v) is 11.6. The highest BCUT2D eigenvalue weighted by molar-refractivity contribution is 5.75. The van der Waals surface area contributed by atoms with Gasteiger partial charge in [-0.2, -0.15) is 18.2 Å². The van der Waals surface area contributed by atoms with Gasteiger partial charge in [0.2, 0.25) is 11.7 Å². The largest absolute Gasteiger partial charge is 0.493 e. The molecule has 3 N–H and O–H groups in total. The predicted octanol–water partition coefficient (Wildman–Crippen LogP) is 5.92. The molecule has 0 aliphatic carbocycles. The third-order valence-electron chi connectivity index (χ3n) is 5.84. The molecular formula is C23H32F3N5O2. The Morgan fingerprint density at radius 3 is 2.64 bits per heavy atom. The van der Waals surface area contributed by atoms with Gasteiger partial charge in [0.1, 0.15) is 11.8 Å². The number of nitrogens with one attached hydrogen (secondary N) is 1. The fraction of sp³-hybridized carbons (Fsp3) is 0.609. The number of hydrogen-bond acceptors (Lipinski definition) is 5. The lowest BCUT2D eigenvalue weighted by Gasteiger charge is -2.21. The molecule has 0 unspecified atom stereocenters. The number of likely N-dealkylation sites (tertiary alicyclic amines) is 1. The summed E-state index contributed by atoms with van der Waals surface area (Å²) in [4.78, 5) is 5.92. The maximum absolute atomic E-state index is 13.7. The summed E-state index contributed by atoms with van der Waals surface area (Å²) in [6, 6.07) is 3.47. The summed E-state index contributed by atoms with van der Waals surface area (Å²) in [5.41, 5.74) is 4.92. The predicted molar refractivity (Wildman–Crippen MR) is 119 cm³/mol. The van der Waals surface area contributed by atoms with E-state index in [1.165, 1.54) is 31.4 Å². The first-order valence-electron chi connectivity index (χ1n) is 11.6. The van der Waals surface area contributed by atoms with Gasteiger partial charge < -0.3 is 19.9 Å². The monoisotopic (exact) mass is 467 g/mol. The van der Waals surface area contributed by atoms with Crippen LogP contribution >= 0.6 is 0 Å². The number of nitrogens with zero attached hydrogens (tertiary/aromatic N) is 3. The number of rotatable bonds is 11. The molecule has 33 heavy (non-hydrogen) atoms. The van der Waals surface area contributed by atoms with E-state index < -0.39 is 11.7 Å². The molecule has 1 fully saturated rings. The van der Waals surface area contributed by atoms with Gasteiger partial charge in [-0.3, -0.25) is 5.41 Å². The zero-order chi connectivity index (χ0) is 23.8. The van der Waals surface area contributed by atoms with E-state index in [4.69, 9.17) is 20.4 Å². The minimum Gasteiger partial charge on any atom is -0.493 e. The molecule has 0 bridgehead atoms. The molecule has 182 valence electrons. The van der Waals surface area contributed by atoms with E-state index in [9.17, 15) is 13.2 Å². The second kappa shape index (κ2) is 11.4. The van der Waals surface area contributed by atoms with Crippen molar-refractivity contribution in [2.24, 2.45) is 5.73 Å². The van der Waals surface area contributed by atoms with Gasteiger partial charge in [0.25, 0.3) is 0 Å². The lowest BCUT2D eigenvalue weighted by molar-refractivity contribution is -0.138. The van der Waals surface area contributed by atoms with Gasteiger partial charge in [0.05, 0.1) is 12.2 Å². The molecule has 3 rings (SSSR count). The molecule has 1 aliphatic heterocycles. The Morgan fingerprint density at radius 1 is 1.21 bits per heavy atom. The van der Waals surface area contributed by atoms with Gasteiger partial charge in [-0.05, 0) is 37.5 Å². The Hall–Kier alpha value is -2.78. The molecule has 1 saturated heterocycles. The molecule has 1 aromatic carbocycles. The molecule has 0 radical (unpaired) electrons. The third-order valence-corrected chi connectivity index (χ3v) is 5.84. The van der Waals surface area contributed by atoms with E-state index in [0.717, 1.165) is 31.7 Å². The number of unbranched alkanes of at least 4 members (excludes halogenated alkanes) is 6. The van der Waals surface area contributed by atoms with E-state index in [1.54, 1.807) is 4.90 Å². The SMILES string of the molecule is CCCCCCCCCOc1ccc(-c2noc([C@@H]3CCCN3C(=N)N)n2)cc1C(F)(F)F. The molecule has 2 aromatic rings. The summed E-state index contributed by atoms with van der Waals surface area (Å²) in [5.74, 6) is 0.00798. The normalized spacial score (nSPS) is 16.4. The van der Waals surface area contributed by atoms with E-state index in [2.05, 4.69) is 17.1 Å². The minimum absolute atomic E-state index is 0.0598. The minimum atomic E-state index is -4.57. The topological polar surface area (TPSA) is 101 Å². The zero-order valence-corrected chi connectivity index (χ0v) is 19.0. The number of hydrogen-bond donors (Lipinski definition) is 2. The number of ether oxygens (including phenoxy) is 1. The lowest BCUT2D eigenvalue weighted by atomic mass is 10.1. The highest BCUT2D eigenvalue weighted by Crippen LogP contribution is 2.39. The van der Waals surface area contributed by atoms with Crippen LogP contribution in [0.1, 0.15) is 82.2 Å². The summed E-state index contributed by atoms with van der Waals surface area (Å²) in [7, 11) is 0. The number of benzene rings is 1. The number of alkyl halides is 3. The van der Waals surface area contributed by atoms with Crippen LogP contribution in [-0.2, 0) is 6.18 Å². The van der Waals surface area contributed by atoms with Crippen LogP contribution < -0.4 is 10.5 Å². The van der Waals surface area contributed by atoms with Crippen molar-refractivity contribution in [3.63, 3.8) is 0 Å². The van der Waals surface area contributed by atoms with Crippen molar-refractivity contribution < 1.29 is 22.4 Å². The van der Waals surface area contributed by atoms with Crippen molar-refractivity contribution in [2.75, 3.05) is 13.2 Å². The van der Waals surface area contributed by atoms with Crippen molar-refractivity contribution in [3.05, 3.63) is 29.7 Å². The highest BCUT2D eigenvalue weighted by Gasteiger charge is 2.36. The Balaban J connectivity index is 1.66. The van der Waals surface area contributed by atoms with Gasteiger partial charge in [0.15, 0.2) is 5.96 Å². The standard InChI is InChI=1S/C23H32F3N5O2/c1-2-3-4-5-6-7-8-14-32-19-12-11-16(15-17(19)23(24,25)26)20-29-21(33-30-20)18-10-9-13-31(18)22(27)28/h11-12,15,18H,2-10,13-14H2,1H3,(H3,27,28)/t18-/m0/s1. The highest BCUT2D eigenvalue weighted by atomic mass is 19.4. The van der Waals surface area contributed by atoms with Crippen LogP contribution in [0.3, 0.4) is 0 Å². The Kier molecular flexibility index (Phi) is 8.57. The van der Waals surface area contributed by atoms with Crippen LogP contribution in [0, 0.1) is 5.41 Å². The van der Waals surface area contributed by atoms with Crippen molar-refractivity contribution in [1.82, 2.24) is 15.0 Å². The summed E-state index contributed by atoms with van der Waals surface area (Å²) < 4.78 is 51.9. The first-order chi connectivity index (χ1) is 15.8. The van der Waals surface area contributed by atoms with Crippen LogP contribution in [0.25, 0.3) is 11.4 Å². The lowest BCUT2D eigenvalue weighted by Crippen LogP contribution is -2.35. The van der Waals surface area contributed by atoms with Crippen LogP contribution in [0.4, 0.5) is 13.2 Å². The summed E-state index contributed by atoms with van der Waals surface area (Å²) in [5, 5.41) is 11.5. The molecule has 2 heterocycles. The molecule has 1 aromatic heterocycles. The Morgan fingerprint density at radius 2 is 1.94 bits per heavy atom. The molecular weight excluding hydrogens is 435 g/mol. The Bertz CT molecular complexity index is 916. The van der Waals surface area contributed by atoms with Gasteiger partial charge in [-0.25, -0.2) is 0 Å². The summed E-state index contributed by atoms with van der Waals surface area (Å²) in [6.45, 7) is 3.00. The second-order valence-electron chi connectivity index (χ2n) is 8.37. The van der Waals surface area contributed by atoms with Crippen molar-refractivity contribution in [2.45, 2.75) is 76.9 Å². The zero-order valence-electron chi connectivity index (χ0n) is 19.0.